The number of amides is 2. The molecule has 0 spiro atoms. The van der Waals surface area contributed by atoms with Crippen LogP contribution in [0.2, 0.25) is 0 Å². The van der Waals surface area contributed by atoms with Crippen LogP contribution in [-0.4, -0.2) is 40.9 Å². The molecule has 0 aliphatic rings. The first-order chi connectivity index (χ1) is 10.5. The van der Waals surface area contributed by atoms with Crippen molar-refractivity contribution in [3.05, 3.63) is 35.4 Å². The average Bonchev–Trinajstić information content (AvgIpc) is 2.48. The highest BCUT2D eigenvalue weighted by molar-refractivity contribution is 5.89. The van der Waals surface area contributed by atoms with Crippen molar-refractivity contribution in [1.82, 2.24) is 4.90 Å². The Morgan fingerprint density at radius 2 is 1.91 bits per heavy atom. The molecule has 6 nitrogen and oxygen atoms in total. The van der Waals surface area contributed by atoms with Crippen LogP contribution in [0.25, 0.3) is 0 Å². The fourth-order valence-electron chi connectivity index (χ4n) is 2.18. The topological polar surface area (TPSA) is 101 Å². The van der Waals surface area contributed by atoms with Gasteiger partial charge in [0, 0.05) is 13.0 Å². The molecule has 2 amide bonds. The van der Waals surface area contributed by atoms with Crippen LogP contribution in [0.5, 0.6) is 0 Å². The molecule has 0 heterocycles. The number of hydrogen-bond acceptors (Lipinski definition) is 3. The zero-order valence-corrected chi connectivity index (χ0v) is 12.7. The Hall–Kier alpha value is -2.37. The van der Waals surface area contributed by atoms with Gasteiger partial charge in [-0.05, 0) is 24.5 Å². The van der Waals surface area contributed by atoms with Crippen molar-refractivity contribution in [1.29, 1.82) is 0 Å². The lowest BCUT2D eigenvalue weighted by molar-refractivity contribution is -0.135. The number of unbranched alkanes of at least 4 members (excludes halogenated alkanes) is 1. The lowest BCUT2D eigenvalue weighted by Crippen LogP contribution is -2.39. The summed E-state index contributed by atoms with van der Waals surface area (Å²) in [5.74, 6) is -1.74. The second-order valence-electron chi connectivity index (χ2n) is 5.10. The average molecular weight is 306 g/mol. The number of carbonyl (C=O) groups excluding carboxylic acids is 2. The third-order valence-corrected chi connectivity index (χ3v) is 3.34. The first-order valence-corrected chi connectivity index (χ1v) is 7.33. The highest BCUT2D eigenvalue weighted by Gasteiger charge is 2.16. The minimum atomic E-state index is -1.01. The van der Waals surface area contributed by atoms with E-state index in [-0.39, 0.29) is 24.4 Å². The van der Waals surface area contributed by atoms with Crippen LogP contribution >= 0.6 is 0 Å². The van der Waals surface area contributed by atoms with E-state index < -0.39 is 11.9 Å². The number of primary amides is 1. The zero-order chi connectivity index (χ0) is 16.5. The monoisotopic (exact) mass is 306 g/mol. The largest absolute Gasteiger partial charge is 0.478 e. The van der Waals surface area contributed by atoms with Gasteiger partial charge in [-0.15, -0.1) is 0 Å². The van der Waals surface area contributed by atoms with E-state index in [0.29, 0.717) is 18.5 Å². The zero-order valence-electron chi connectivity index (χ0n) is 12.7. The fourth-order valence-corrected chi connectivity index (χ4v) is 2.18. The summed E-state index contributed by atoms with van der Waals surface area (Å²) in [6.45, 7) is 2.38. The molecule has 1 aromatic carbocycles. The van der Waals surface area contributed by atoms with Crippen molar-refractivity contribution in [3.63, 3.8) is 0 Å². The maximum Gasteiger partial charge on any atom is 0.335 e. The summed E-state index contributed by atoms with van der Waals surface area (Å²) in [7, 11) is 0. The maximum atomic E-state index is 12.2. The van der Waals surface area contributed by atoms with Crippen molar-refractivity contribution < 1.29 is 19.5 Å². The molecule has 0 aliphatic carbocycles. The molecule has 3 N–H and O–H groups in total. The number of benzene rings is 1. The number of hydrogen-bond donors (Lipinski definition) is 2. The first-order valence-electron chi connectivity index (χ1n) is 7.33. The highest BCUT2D eigenvalue weighted by atomic mass is 16.4. The van der Waals surface area contributed by atoms with E-state index in [9.17, 15) is 14.4 Å². The molecule has 22 heavy (non-hydrogen) atoms. The van der Waals surface area contributed by atoms with Gasteiger partial charge in [0.1, 0.15) is 0 Å². The highest BCUT2D eigenvalue weighted by Crippen LogP contribution is 2.12. The lowest BCUT2D eigenvalue weighted by Gasteiger charge is -2.21. The van der Waals surface area contributed by atoms with Gasteiger partial charge in [-0.2, -0.15) is 0 Å². The standard InChI is InChI=1S/C16H22N2O4/c1-2-3-10-18(11-14(17)19)15(20)9-8-12-6-4-5-7-13(12)16(21)22/h4-7H,2-3,8-11H2,1H3,(H2,17,19)(H,21,22). The summed E-state index contributed by atoms with van der Waals surface area (Å²) < 4.78 is 0. The summed E-state index contributed by atoms with van der Waals surface area (Å²) in [6.07, 6.45) is 2.18. The van der Waals surface area contributed by atoms with E-state index in [0.717, 1.165) is 12.8 Å². The molecule has 0 bridgehead atoms. The van der Waals surface area contributed by atoms with E-state index >= 15 is 0 Å². The Kier molecular flexibility index (Phi) is 7.08. The molecule has 6 heteroatoms. The molecule has 0 aromatic heterocycles. The quantitative estimate of drug-likeness (QED) is 0.720. The van der Waals surface area contributed by atoms with Crippen LogP contribution in [0.15, 0.2) is 24.3 Å². The summed E-state index contributed by atoms with van der Waals surface area (Å²) in [6, 6.07) is 6.60. The second-order valence-corrected chi connectivity index (χ2v) is 5.10. The molecule has 1 rings (SSSR count). The van der Waals surface area contributed by atoms with Crippen LogP contribution in [-0.2, 0) is 16.0 Å². The number of nitrogens with two attached hydrogens (primary N) is 1. The molecule has 0 radical (unpaired) electrons. The molecule has 0 saturated carbocycles. The van der Waals surface area contributed by atoms with Gasteiger partial charge in [0.15, 0.2) is 0 Å². The van der Waals surface area contributed by atoms with E-state index in [1.165, 1.54) is 11.0 Å². The summed E-state index contributed by atoms with van der Waals surface area (Å²) in [4.78, 5) is 35.8. The van der Waals surface area contributed by atoms with Crippen molar-refractivity contribution in [2.75, 3.05) is 13.1 Å². The Morgan fingerprint density at radius 1 is 1.23 bits per heavy atom. The van der Waals surface area contributed by atoms with E-state index in [4.69, 9.17) is 10.8 Å². The second kappa shape index (κ2) is 8.81. The normalized spacial score (nSPS) is 10.2. The van der Waals surface area contributed by atoms with Gasteiger partial charge < -0.3 is 15.7 Å². The van der Waals surface area contributed by atoms with Crippen LogP contribution in [0.1, 0.15) is 42.1 Å². The molecule has 0 unspecified atom stereocenters. The SMILES string of the molecule is CCCCN(CC(N)=O)C(=O)CCc1ccccc1C(=O)O. The Labute approximate surface area is 129 Å². The number of aryl methyl sites for hydroxylation is 1. The lowest BCUT2D eigenvalue weighted by atomic mass is 10.0. The van der Waals surface area contributed by atoms with Crippen LogP contribution < -0.4 is 5.73 Å². The molecule has 0 atom stereocenters. The summed E-state index contributed by atoms with van der Waals surface area (Å²) >= 11 is 0. The van der Waals surface area contributed by atoms with Gasteiger partial charge in [-0.1, -0.05) is 31.5 Å². The molecule has 0 saturated heterocycles. The predicted octanol–water partition coefficient (Wildman–Crippen LogP) is 1.43. The third-order valence-electron chi connectivity index (χ3n) is 3.34. The van der Waals surface area contributed by atoms with Gasteiger partial charge in [0.05, 0.1) is 12.1 Å². The smallest absolute Gasteiger partial charge is 0.335 e. The third kappa shape index (κ3) is 5.55. The Balaban J connectivity index is 2.70. The molecule has 1 aromatic rings. The van der Waals surface area contributed by atoms with E-state index in [1.54, 1.807) is 18.2 Å². The predicted molar refractivity (Wildman–Crippen MR) is 82.4 cm³/mol. The molecule has 0 aliphatic heterocycles. The minimum absolute atomic E-state index is 0.0978. The Bertz CT molecular complexity index is 543. The van der Waals surface area contributed by atoms with Gasteiger partial charge in [-0.3, -0.25) is 9.59 Å². The van der Waals surface area contributed by atoms with Crippen LogP contribution in [0, 0.1) is 0 Å². The van der Waals surface area contributed by atoms with Crippen molar-refractivity contribution in [2.45, 2.75) is 32.6 Å². The van der Waals surface area contributed by atoms with Crippen LogP contribution in [0.4, 0.5) is 0 Å². The van der Waals surface area contributed by atoms with Crippen molar-refractivity contribution >= 4 is 17.8 Å². The van der Waals surface area contributed by atoms with Gasteiger partial charge in [0.2, 0.25) is 11.8 Å². The molecule has 120 valence electrons. The van der Waals surface area contributed by atoms with Crippen molar-refractivity contribution in [3.8, 4) is 0 Å². The first kappa shape index (κ1) is 17.7. The van der Waals surface area contributed by atoms with Gasteiger partial charge in [-0.25, -0.2) is 4.79 Å². The molecule has 0 fully saturated rings. The summed E-state index contributed by atoms with van der Waals surface area (Å²) in [5, 5.41) is 9.12. The van der Waals surface area contributed by atoms with E-state index in [2.05, 4.69) is 0 Å². The number of carbonyl (C=O) groups is 3. The maximum absolute atomic E-state index is 12.2. The van der Waals surface area contributed by atoms with E-state index in [1.807, 2.05) is 6.92 Å². The van der Waals surface area contributed by atoms with Crippen LogP contribution in [0.3, 0.4) is 0 Å². The van der Waals surface area contributed by atoms with Gasteiger partial charge >= 0.3 is 5.97 Å². The fraction of sp³-hybridized carbons (Fsp3) is 0.438. The Morgan fingerprint density at radius 3 is 2.50 bits per heavy atom. The van der Waals surface area contributed by atoms with Crippen molar-refractivity contribution in [2.24, 2.45) is 5.73 Å². The number of aromatic carboxylic acids is 1. The summed E-state index contributed by atoms with van der Waals surface area (Å²) in [5.41, 5.74) is 5.97. The molecular formula is C16H22N2O4. The minimum Gasteiger partial charge on any atom is -0.478 e. The number of rotatable bonds is 9. The number of nitrogens with zero attached hydrogens (tertiary/aromatic N) is 1. The van der Waals surface area contributed by atoms with Gasteiger partial charge in [0.25, 0.3) is 0 Å². The number of carboxylic acids is 1. The number of carboxylic acid groups (broad SMARTS) is 1. The molecular weight excluding hydrogens is 284 g/mol.